The van der Waals surface area contributed by atoms with Crippen LogP contribution in [-0.4, -0.2) is 0 Å². The zero-order valence-electron chi connectivity index (χ0n) is 11.7. The molecule has 0 spiro atoms. The van der Waals surface area contributed by atoms with Gasteiger partial charge in [-0.3, -0.25) is 0 Å². The SMILES string of the molecule is CCCC(CCC(C)C)c1cc(C#N)ccc1N. The zero-order valence-corrected chi connectivity index (χ0v) is 11.7. The van der Waals surface area contributed by atoms with Crippen LogP contribution in [0.5, 0.6) is 0 Å². The second kappa shape index (κ2) is 7.06. The van der Waals surface area contributed by atoms with Gasteiger partial charge in [0.25, 0.3) is 0 Å². The molecule has 1 unspecified atom stereocenters. The molecule has 0 aliphatic heterocycles. The van der Waals surface area contributed by atoms with E-state index in [4.69, 9.17) is 11.0 Å². The fourth-order valence-electron chi connectivity index (χ4n) is 2.34. The van der Waals surface area contributed by atoms with Crippen molar-refractivity contribution in [2.24, 2.45) is 5.92 Å². The molecule has 1 rings (SSSR count). The lowest BCUT2D eigenvalue weighted by atomic mass is 9.86. The number of nitriles is 1. The molecule has 98 valence electrons. The van der Waals surface area contributed by atoms with E-state index in [0.717, 1.165) is 30.5 Å². The van der Waals surface area contributed by atoms with Crippen molar-refractivity contribution in [3.05, 3.63) is 29.3 Å². The van der Waals surface area contributed by atoms with E-state index in [9.17, 15) is 0 Å². The molecule has 0 aliphatic carbocycles. The van der Waals surface area contributed by atoms with Crippen LogP contribution in [0.25, 0.3) is 0 Å². The summed E-state index contributed by atoms with van der Waals surface area (Å²) in [5.41, 5.74) is 8.78. The van der Waals surface area contributed by atoms with E-state index >= 15 is 0 Å². The van der Waals surface area contributed by atoms with Gasteiger partial charge in [0, 0.05) is 5.69 Å². The van der Waals surface area contributed by atoms with Gasteiger partial charge < -0.3 is 5.73 Å². The second-order valence-electron chi connectivity index (χ2n) is 5.41. The maximum atomic E-state index is 8.99. The van der Waals surface area contributed by atoms with Crippen LogP contribution >= 0.6 is 0 Å². The lowest BCUT2D eigenvalue weighted by Crippen LogP contribution is -2.05. The molecule has 0 radical (unpaired) electrons. The van der Waals surface area contributed by atoms with Crippen molar-refractivity contribution in [3.8, 4) is 6.07 Å². The zero-order chi connectivity index (χ0) is 13.5. The van der Waals surface area contributed by atoms with Gasteiger partial charge in [0.05, 0.1) is 11.6 Å². The van der Waals surface area contributed by atoms with Crippen LogP contribution in [0.2, 0.25) is 0 Å². The third-order valence-corrected chi connectivity index (χ3v) is 3.39. The molecule has 2 heteroatoms. The summed E-state index contributed by atoms with van der Waals surface area (Å²) in [5, 5.41) is 8.99. The third-order valence-electron chi connectivity index (χ3n) is 3.39. The number of nitrogens with two attached hydrogens (primary N) is 1. The molecule has 0 aliphatic rings. The van der Waals surface area contributed by atoms with Gasteiger partial charge in [-0.2, -0.15) is 5.26 Å². The Kier molecular flexibility index (Phi) is 5.71. The molecule has 1 aromatic carbocycles. The van der Waals surface area contributed by atoms with Crippen LogP contribution in [0.4, 0.5) is 5.69 Å². The number of nitrogens with zero attached hydrogens (tertiary/aromatic N) is 1. The van der Waals surface area contributed by atoms with Crippen molar-refractivity contribution in [3.63, 3.8) is 0 Å². The van der Waals surface area contributed by atoms with Crippen LogP contribution in [0.1, 0.15) is 63.5 Å². The van der Waals surface area contributed by atoms with Crippen LogP contribution in [-0.2, 0) is 0 Å². The highest BCUT2D eigenvalue weighted by molar-refractivity contribution is 5.52. The molecule has 1 aromatic rings. The minimum Gasteiger partial charge on any atom is -0.398 e. The number of hydrogen-bond acceptors (Lipinski definition) is 2. The Morgan fingerprint density at radius 3 is 2.50 bits per heavy atom. The molecule has 2 nitrogen and oxygen atoms in total. The number of nitrogen functional groups attached to an aromatic ring is 1. The van der Waals surface area contributed by atoms with Crippen molar-refractivity contribution in [2.75, 3.05) is 5.73 Å². The van der Waals surface area contributed by atoms with E-state index in [1.807, 2.05) is 12.1 Å². The average Bonchev–Trinajstić information content (AvgIpc) is 2.35. The number of hydrogen-bond donors (Lipinski definition) is 1. The lowest BCUT2D eigenvalue weighted by Gasteiger charge is -2.20. The van der Waals surface area contributed by atoms with E-state index in [0.29, 0.717) is 17.4 Å². The van der Waals surface area contributed by atoms with Crippen LogP contribution < -0.4 is 5.73 Å². The fraction of sp³-hybridized carbons (Fsp3) is 0.562. The molecule has 0 amide bonds. The summed E-state index contributed by atoms with van der Waals surface area (Å²) in [6, 6.07) is 7.83. The molecular weight excluding hydrogens is 220 g/mol. The van der Waals surface area contributed by atoms with E-state index < -0.39 is 0 Å². The number of rotatable bonds is 6. The summed E-state index contributed by atoms with van der Waals surface area (Å²) in [6.07, 6.45) is 4.66. The first kappa shape index (κ1) is 14.6. The largest absolute Gasteiger partial charge is 0.398 e. The normalized spacial score (nSPS) is 12.4. The van der Waals surface area contributed by atoms with Gasteiger partial charge in [-0.1, -0.05) is 33.6 Å². The summed E-state index contributed by atoms with van der Waals surface area (Å²) in [6.45, 7) is 6.70. The van der Waals surface area contributed by atoms with Crippen LogP contribution in [0, 0.1) is 17.2 Å². The van der Waals surface area contributed by atoms with Gasteiger partial charge in [-0.15, -0.1) is 0 Å². The Morgan fingerprint density at radius 1 is 1.22 bits per heavy atom. The van der Waals surface area contributed by atoms with Crippen molar-refractivity contribution >= 4 is 5.69 Å². The fourth-order valence-corrected chi connectivity index (χ4v) is 2.34. The molecule has 0 bridgehead atoms. The van der Waals surface area contributed by atoms with E-state index in [-0.39, 0.29) is 0 Å². The molecule has 0 saturated carbocycles. The molecule has 2 N–H and O–H groups in total. The first-order valence-corrected chi connectivity index (χ1v) is 6.88. The molecular formula is C16H24N2. The smallest absolute Gasteiger partial charge is 0.0991 e. The Bertz CT molecular complexity index is 416. The third kappa shape index (κ3) is 4.07. The van der Waals surface area contributed by atoms with Crippen molar-refractivity contribution in [2.45, 2.75) is 52.4 Å². The van der Waals surface area contributed by atoms with Crippen molar-refractivity contribution in [1.29, 1.82) is 5.26 Å². The monoisotopic (exact) mass is 244 g/mol. The first-order valence-electron chi connectivity index (χ1n) is 6.88. The average molecular weight is 244 g/mol. The van der Waals surface area contributed by atoms with E-state index in [1.165, 1.54) is 6.42 Å². The predicted molar refractivity (Wildman–Crippen MR) is 77.3 cm³/mol. The van der Waals surface area contributed by atoms with Gasteiger partial charge in [-0.05, 0) is 48.4 Å². The van der Waals surface area contributed by atoms with Gasteiger partial charge in [-0.25, -0.2) is 0 Å². The maximum absolute atomic E-state index is 8.99. The Labute approximate surface area is 111 Å². The maximum Gasteiger partial charge on any atom is 0.0991 e. The van der Waals surface area contributed by atoms with Crippen LogP contribution in [0.15, 0.2) is 18.2 Å². The topological polar surface area (TPSA) is 49.8 Å². The minimum absolute atomic E-state index is 0.491. The lowest BCUT2D eigenvalue weighted by molar-refractivity contribution is 0.479. The summed E-state index contributed by atoms with van der Waals surface area (Å²) in [5.74, 6) is 1.20. The van der Waals surface area contributed by atoms with Gasteiger partial charge in [0.2, 0.25) is 0 Å². The van der Waals surface area contributed by atoms with Gasteiger partial charge >= 0.3 is 0 Å². The van der Waals surface area contributed by atoms with Crippen molar-refractivity contribution in [1.82, 2.24) is 0 Å². The molecule has 1 atom stereocenters. The summed E-state index contributed by atoms with van der Waals surface area (Å²) < 4.78 is 0. The Balaban J connectivity index is 2.93. The van der Waals surface area contributed by atoms with Crippen molar-refractivity contribution < 1.29 is 0 Å². The first-order chi connectivity index (χ1) is 8.58. The quantitative estimate of drug-likeness (QED) is 0.751. The molecule has 0 heterocycles. The minimum atomic E-state index is 0.491. The highest BCUT2D eigenvalue weighted by Gasteiger charge is 2.15. The second-order valence-corrected chi connectivity index (χ2v) is 5.41. The molecule has 0 fully saturated rings. The molecule has 18 heavy (non-hydrogen) atoms. The number of anilines is 1. The van der Waals surface area contributed by atoms with E-state index in [2.05, 4.69) is 26.8 Å². The van der Waals surface area contributed by atoms with E-state index in [1.54, 1.807) is 6.07 Å². The van der Waals surface area contributed by atoms with Gasteiger partial charge in [0.1, 0.15) is 0 Å². The van der Waals surface area contributed by atoms with Crippen LogP contribution in [0.3, 0.4) is 0 Å². The van der Waals surface area contributed by atoms with Gasteiger partial charge in [0.15, 0.2) is 0 Å². The summed E-state index contributed by atoms with van der Waals surface area (Å²) in [4.78, 5) is 0. The Morgan fingerprint density at radius 2 is 1.94 bits per heavy atom. The summed E-state index contributed by atoms with van der Waals surface area (Å²) >= 11 is 0. The molecule has 0 saturated heterocycles. The highest BCUT2D eigenvalue weighted by Crippen LogP contribution is 2.32. The summed E-state index contributed by atoms with van der Waals surface area (Å²) in [7, 11) is 0. The number of benzene rings is 1. The Hall–Kier alpha value is -1.49. The predicted octanol–water partition coefficient (Wildman–Crippen LogP) is 4.46. The highest BCUT2D eigenvalue weighted by atomic mass is 14.6. The molecule has 0 aromatic heterocycles. The standard InChI is InChI=1S/C16H24N2/c1-4-5-14(8-6-12(2)3)15-10-13(11-17)7-9-16(15)18/h7,9-10,12,14H,4-6,8,18H2,1-3H3.